The molecule has 0 aromatic rings. The van der Waals surface area contributed by atoms with Crippen LogP contribution in [0, 0.1) is 5.41 Å². The van der Waals surface area contributed by atoms with Crippen molar-refractivity contribution in [1.29, 1.82) is 5.41 Å². The Hall–Kier alpha value is -0.330. The summed E-state index contributed by atoms with van der Waals surface area (Å²) in [5.74, 6) is 0. The molecule has 0 atom stereocenters. The molecule has 1 heteroatoms. The maximum Gasteiger partial charge on any atom is -0.00788 e. The third kappa shape index (κ3) is 54.0. The van der Waals surface area contributed by atoms with Crippen LogP contribution in [0.2, 0.25) is 0 Å². The molecule has 0 aliphatic carbocycles. The normalized spacial score (nSPS) is 7.08. The van der Waals surface area contributed by atoms with Crippen molar-refractivity contribution < 1.29 is 0 Å². The van der Waals surface area contributed by atoms with Crippen LogP contribution < -0.4 is 0 Å². The summed E-state index contributed by atoms with van der Waals surface area (Å²) in [6.07, 6.45) is 8.26. The first-order valence-corrected chi connectivity index (χ1v) is 5.28. The van der Waals surface area contributed by atoms with Crippen molar-refractivity contribution in [3.8, 4) is 0 Å². The van der Waals surface area contributed by atoms with Gasteiger partial charge in [0.15, 0.2) is 0 Å². The summed E-state index contributed by atoms with van der Waals surface area (Å²) >= 11 is 0. The molecule has 1 N–H and O–H groups in total. The average molecular weight is 173 g/mol. The van der Waals surface area contributed by atoms with E-state index < -0.39 is 0 Å². The second-order valence-electron chi connectivity index (χ2n) is 2.35. The minimum Gasteiger partial charge on any atom is -0.313 e. The lowest BCUT2D eigenvalue weighted by atomic mass is 10.2. The molecule has 0 bridgehead atoms. The third-order valence-electron chi connectivity index (χ3n) is 1.21. The molecule has 0 rings (SSSR count). The first-order chi connectivity index (χ1) is 5.83. The van der Waals surface area contributed by atoms with Gasteiger partial charge in [0.25, 0.3) is 0 Å². The summed E-state index contributed by atoms with van der Waals surface area (Å²) in [4.78, 5) is 0. The lowest BCUT2D eigenvalue weighted by Crippen LogP contribution is -1.70. The van der Waals surface area contributed by atoms with Gasteiger partial charge in [0.1, 0.15) is 0 Å². The molecule has 0 fully saturated rings. The molecule has 0 aromatic heterocycles. The zero-order valence-electron chi connectivity index (χ0n) is 9.61. The van der Waals surface area contributed by atoms with E-state index in [9.17, 15) is 0 Å². The highest BCUT2D eigenvalue weighted by Gasteiger charge is 1.80. The van der Waals surface area contributed by atoms with E-state index in [2.05, 4.69) is 13.8 Å². The maximum atomic E-state index is 6.08. The Labute approximate surface area is 79.1 Å². The Morgan fingerprint density at radius 1 is 0.917 bits per heavy atom. The van der Waals surface area contributed by atoms with Crippen LogP contribution in [0.25, 0.3) is 0 Å². The molecule has 76 valence electrons. The third-order valence-corrected chi connectivity index (χ3v) is 1.21. The molecule has 0 amide bonds. The molecule has 0 saturated heterocycles. The fourth-order valence-electron chi connectivity index (χ4n) is 0.677. The van der Waals surface area contributed by atoms with Crippen LogP contribution in [0.1, 0.15) is 66.7 Å². The predicted molar refractivity (Wildman–Crippen MR) is 60.2 cm³/mol. The van der Waals surface area contributed by atoms with Crippen LogP contribution in [-0.4, -0.2) is 6.21 Å². The van der Waals surface area contributed by atoms with Crippen molar-refractivity contribution in [2.24, 2.45) is 0 Å². The summed E-state index contributed by atoms with van der Waals surface area (Å²) in [7, 11) is 0. The van der Waals surface area contributed by atoms with Crippen molar-refractivity contribution in [2.45, 2.75) is 66.7 Å². The highest BCUT2D eigenvalue weighted by atomic mass is 14.3. The van der Waals surface area contributed by atoms with Crippen LogP contribution in [0.3, 0.4) is 0 Å². The molecule has 0 aromatic carbocycles. The van der Waals surface area contributed by atoms with Crippen LogP contribution in [0.4, 0.5) is 0 Å². The molecule has 1 nitrogen and oxygen atoms in total. The van der Waals surface area contributed by atoms with Crippen LogP contribution >= 0.6 is 0 Å². The topological polar surface area (TPSA) is 23.9 Å². The van der Waals surface area contributed by atoms with Crippen LogP contribution in [0.15, 0.2) is 0 Å². The van der Waals surface area contributed by atoms with Gasteiger partial charge in [-0.3, -0.25) is 0 Å². The van der Waals surface area contributed by atoms with E-state index in [1.807, 2.05) is 13.8 Å². The first kappa shape index (κ1) is 17.7. The number of hydrogen-bond acceptors (Lipinski definition) is 1. The minimum absolute atomic E-state index is 1.25. The van der Waals surface area contributed by atoms with E-state index in [4.69, 9.17) is 5.41 Å². The summed E-state index contributed by atoms with van der Waals surface area (Å²) in [5, 5.41) is 6.08. The highest BCUT2D eigenvalue weighted by molar-refractivity contribution is 5.48. The van der Waals surface area contributed by atoms with Crippen molar-refractivity contribution >= 4 is 6.21 Å². The Morgan fingerprint density at radius 2 is 1.17 bits per heavy atom. The van der Waals surface area contributed by atoms with Crippen molar-refractivity contribution in [2.75, 3.05) is 0 Å². The quantitative estimate of drug-likeness (QED) is 0.472. The molecule has 0 aliphatic heterocycles. The number of unbranched alkanes of at least 4 members (excludes halogenated alkanes) is 4. The zero-order valence-corrected chi connectivity index (χ0v) is 9.61. The van der Waals surface area contributed by atoms with Crippen molar-refractivity contribution in [3.05, 3.63) is 0 Å². The molecule has 0 radical (unpaired) electrons. The molecule has 12 heavy (non-hydrogen) atoms. The zero-order chi connectivity index (χ0) is 10.2. The smallest absolute Gasteiger partial charge is 0.00788 e. The van der Waals surface area contributed by atoms with E-state index in [1.165, 1.54) is 38.3 Å². The largest absolute Gasteiger partial charge is 0.313 e. The molecular formula is C11H27N. The van der Waals surface area contributed by atoms with Crippen LogP contribution in [-0.2, 0) is 0 Å². The van der Waals surface area contributed by atoms with Gasteiger partial charge in [-0.1, -0.05) is 59.8 Å². The molecule has 0 heterocycles. The molecule has 0 saturated carbocycles. The van der Waals surface area contributed by atoms with Gasteiger partial charge in [-0.25, -0.2) is 0 Å². The van der Waals surface area contributed by atoms with Crippen molar-refractivity contribution in [3.63, 3.8) is 0 Å². The van der Waals surface area contributed by atoms with E-state index in [-0.39, 0.29) is 0 Å². The van der Waals surface area contributed by atoms with Gasteiger partial charge >= 0.3 is 0 Å². The molecular weight excluding hydrogens is 146 g/mol. The number of nitrogens with one attached hydrogen (secondary N) is 1. The Bertz CT molecular complexity index is 47.0. The van der Waals surface area contributed by atoms with Gasteiger partial charge in [-0.2, -0.15) is 0 Å². The lowest BCUT2D eigenvalue weighted by molar-refractivity contribution is 0.656. The maximum absolute atomic E-state index is 6.08. The van der Waals surface area contributed by atoms with Gasteiger partial charge in [0.05, 0.1) is 0 Å². The second-order valence-corrected chi connectivity index (χ2v) is 2.35. The summed E-state index contributed by atoms with van der Waals surface area (Å²) < 4.78 is 0. The number of rotatable bonds is 4. The van der Waals surface area contributed by atoms with E-state index >= 15 is 0 Å². The predicted octanol–water partition coefficient (Wildman–Crippen LogP) is 4.66. The van der Waals surface area contributed by atoms with Gasteiger partial charge in [-0.15, -0.1) is 0 Å². The van der Waals surface area contributed by atoms with Gasteiger partial charge < -0.3 is 5.41 Å². The lowest BCUT2D eigenvalue weighted by Gasteiger charge is -1.90. The van der Waals surface area contributed by atoms with E-state index in [0.29, 0.717) is 0 Å². The molecule has 0 unspecified atom stereocenters. The summed E-state index contributed by atoms with van der Waals surface area (Å²) in [6, 6.07) is 0. The summed E-state index contributed by atoms with van der Waals surface area (Å²) in [5.41, 5.74) is 0. The average Bonchev–Trinajstić information content (AvgIpc) is 2.11. The standard InChI is InChI=1S/C7H16.C2H5N.C2H6/c1-3-5-7-6-4-2;1-2-3;1-2/h3-7H2,1-2H3;2-3H,1H3;1-2H3. The van der Waals surface area contributed by atoms with Gasteiger partial charge in [0, 0.05) is 0 Å². The highest BCUT2D eigenvalue weighted by Crippen LogP contribution is 2.00. The Balaban J connectivity index is -0.000000137. The van der Waals surface area contributed by atoms with Crippen LogP contribution in [0.5, 0.6) is 0 Å². The van der Waals surface area contributed by atoms with Crippen molar-refractivity contribution in [1.82, 2.24) is 0 Å². The molecule has 0 aliphatic rings. The first-order valence-electron chi connectivity index (χ1n) is 5.28. The Kier molecular flexibility index (Phi) is 45.7. The summed E-state index contributed by atoms with van der Waals surface area (Å²) in [6.45, 7) is 10.2. The minimum atomic E-state index is 1.25. The second kappa shape index (κ2) is 31.0. The van der Waals surface area contributed by atoms with E-state index in [1.54, 1.807) is 6.92 Å². The fraction of sp³-hybridized carbons (Fsp3) is 0.909. The van der Waals surface area contributed by atoms with E-state index in [0.717, 1.165) is 0 Å². The van der Waals surface area contributed by atoms with Gasteiger partial charge in [0.2, 0.25) is 0 Å². The fourth-order valence-corrected chi connectivity index (χ4v) is 0.677. The Morgan fingerprint density at radius 3 is 1.33 bits per heavy atom. The monoisotopic (exact) mass is 173 g/mol. The number of hydrogen-bond donors (Lipinski definition) is 1. The SMILES string of the molecule is CC.CC=N.CCCCCCC. The van der Waals surface area contributed by atoms with Gasteiger partial charge in [-0.05, 0) is 13.1 Å². The molecule has 0 spiro atoms.